The van der Waals surface area contributed by atoms with E-state index in [1.807, 2.05) is 25.3 Å². The Kier molecular flexibility index (Phi) is 3.18. The molecule has 0 radical (unpaired) electrons. The minimum absolute atomic E-state index is 0.153. The monoisotopic (exact) mass is 230 g/mol. The van der Waals surface area contributed by atoms with Gasteiger partial charge in [-0.25, -0.2) is 0 Å². The molecule has 0 aliphatic rings. The molecule has 0 bridgehead atoms. The number of aryl methyl sites for hydroxylation is 2. The Morgan fingerprint density at radius 1 is 1.41 bits per heavy atom. The predicted octanol–water partition coefficient (Wildman–Crippen LogP) is 1.05. The summed E-state index contributed by atoms with van der Waals surface area (Å²) in [6.45, 7) is 2.35. The highest BCUT2D eigenvalue weighted by Crippen LogP contribution is 2.04. The highest BCUT2D eigenvalue weighted by atomic mass is 16.1. The molecular formula is C12H14N4O. The smallest absolute Gasteiger partial charge is 0.272 e. The van der Waals surface area contributed by atoms with Gasteiger partial charge < -0.3 is 5.32 Å². The van der Waals surface area contributed by atoms with Gasteiger partial charge in [-0.1, -0.05) is 0 Å². The Hall–Kier alpha value is -2.17. The molecule has 2 aromatic heterocycles. The first-order chi connectivity index (χ1) is 8.16. The van der Waals surface area contributed by atoms with E-state index < -0.39 is 0 Å². The zero-order valence-electron chi connectivity index (χ0n) is 9.84. The summed E-state index contributed by atoms with van der Waals surface area (Å²) in [7, 11) is 1.80. The SMILES string of the molecule is Cc1cn(C)nc1C(=O)NCc1ccncc1. The van der Waals surface area contributed by atoms with Crippen LogP contribution in [0.3, 0.4) is 0 Å². The van der Waals surface area contributed by atoms with Gasteiger partial charge in [0.1, 0.15) is 0 Å². The second-order valence-electron chi connectivity index (χ2n) is 3.87. The van der Waals surface area contributed by atoms with Gasteiger partial charge in [-0.2, -0.15) is 5.10 Å². The topological polar surface area (TPSA) is 59.8 Å². The maximum Gasteiger partial charge on any atom is 0.272 e. The van der Waals surface area contributed by atoms with E-state index in [9.17, 15) is 4.79 Å². The van der Waals surface area contributed by atoms with Crippen LogP contribution in [0.2, 0.25) is 0 Å². The van der Waals surface area contributed by atoms with Gasteiger partial charge >= 0.3 is 0 Å². The number of hydrogen-bond donors (Lipinski definition) is 1. The van der Waals surface area contributed by atoms with Crippen molar-refractivity contribution in [1.29, 1.82) is 0 Å². The van der Waals surface area contributed by atoms with E-state index in [0.717, 1.165) is 11.1 Å². The van der Waals surface area contributed by atoms with Gasteiger partial charge in [0.2, 0.25) is 0 Å². The van der Waals surface area contributed by atoms with Gasteiger partial charge in [-0.15, -0.1) is 0 Å². The summed E-state index contributed by atoms with van der Waals surface area (Å²) in [6.07, 6.45) is 5.22. The summed E-state index contributed by atoms with van der Waals surface area (Å²) in [5.41, 5.74) is 2.36. The Labute approximate surface area is 99.5 Å². The maximum absolute atomic E-state index is 11.8. The minimum atomic E-state index is -0.153. The molecule has 0 aliphatic carbocycles. The Morgan fingerprint density at radius 3 is 2.71 bits per heavy atom. The summed E-state index contributed by atoms with van der Waals surface area (Å²) in [5, 5.41) is 6.94. The largest absolute Gasteiger partial charge is 0.347 e. The average Bonchev–Trinajstić information content (AvgIpc) is 2.67. The summed E-state index contributed by atoms with van der Waals surface area (Å²) in [4.78, 5) is 15.8. The number of pyridine rings is 1. The zero-order valence-corrected chi connectivity index (χ0v) is 9.84. The summed E-state index contributed by atoms with van der Waals surface area (Å²) >= 11 is 0. The highest BCUT2D eigenvalue weighted by molar-refractivity contribution is 5.93. The Bertz CT molecular complexity index is 519. The number of carbonyl (C=O) groups excluding carboxylic acids is 1. The number of carbonyl (C=O) groups is 1. The van der Waals surface area contributed by atoms with E-state index in [1.54, 1.807) is 24.1 Å². The molecule has 0 aliphatic heterocycles. The number of hydrogen-bond acceptors (Lipinski definition) is 3. The molecule has 2 rings (SSSR count). The fourth-order valence-corrected chi connectivity index (χ4v) is 1.60. The lowest BCUT2D eigenvalue weighted by molar-refractivity contribution is 0.0944. The first-order valence-corrected chi connectivity index (χ1v) is 5.34. The Balaban J connectivity index is 2.01. The van der Waals surface area contributed by atoms with Gasteiger partial charge in [0.25, 0.3) is 5.91 Å². The molecule has 1 N–H and O–H groups in total. The number of nitrogens with one attached hydrogen (secondary N) is 1. The zero-order chi connectivity index (χ0) is 12.3. The van der Waals surface area contributed by atoms with Gasteiger partial charge in [0.05, 0.1) is 0 Å². The fraction of sp³-hybridized carbons (Fsp3) is 0.250. The van der Waals surface area contributed by atoms with Crippen molar-refractivity contribution in [2.24, 2.45) is 7.05 Å². The standard InChI is InChI=1S/C12H14N4O/c1-9-8-16(2)15-11(9)12(17)14-7-10-3-5-13-6-4-10/h3-6,8H,7H2,1-2H3,(H,14,17). The van der Waals surface area contributed by atoms with E-state index in [0.29, 0.717) is 12.2 Å². The number of nitrogens with zero attached hydrogens (tertiary/aromatic N) is 3. The molecule has 5 heteroatoms. The molecule has 0 aromatic carbocycles. The van der Waals surface area contributed by atoms with E-state index in [2.05, 4.69) is 15.4 Å². The molecule has 0 atom stereocenters. The van der Waals surface area contributed by atoms with Crippen LogP contribution in [0.4, 0.5) is 0 Å². The summed E-state index contributed by atoms with van der Waals surface area (Å²) in [5.74, 6) is -0.153. The highest BCUT2D eigenvalue weighted by Gasteiger charge is 2.12. The average molecular weight is 230 g/mol. The lowest BCUT2D eigenvalue weighted by Crippen LogP contribution is -2.24. The summed E-state index contributed by atoms with van der Waals surface area (Å²) in [6, 6.07) is 3.73. The third kappa shape index (κ3) is 2.69. The predicted molar refractivity (Wildman–Crippen MR) is 63.4 cm³/mol. The van der Waals surface area contributed by atoms with E-state index in [1.165, 1.54) is 0 Å². The molecule has 2 aromatic rings. The molecule has 17 heavy (non-hydrogen) atoms. The third-order valence-electron chi connectivity index (χ3n) is 2.43. The molecule has 0 fully saturated rings. The van der Waals surface area contributed by atoms with Crippen molar-refractivity contribution in [2.45, 2.75) is 13.5 Å². The van der Waals surface area contributed by atoms with E-state index in [-0.39, 0.29) is 5.91 Å². The first-order valence-electron chi connectivity index (χ1n) is 5.34. The lowest BCUT2D eigenvalue weighted by Gasteiger charge is -2.03. The molecule has 5 nitrogen and oxygen atoms in total. The molecule has 2 heterocycles. The van der Waals surface area contributed by atoms with Crippen molar-refractivity contribution < 1.29 is 4.79 Å². The van der Waals surface area contributed by atoms with Crippen molar-refractivity contribution in [3.8, 4) is 0 Å². The number of rotatable bonds is 3. The van der Waals surface area contributed by atoms with Crippen LogP contribution in [0.5, 0.6) is 0 Å². The second-order valence-corrected chi connectivity index (χ2v) is 3.87. The van der Waals surface area contributed by atoms with Crippen LogP contribution in [0.15, 0.2) is 30.7 Å². The summed E-state index contributed by atoms with van der Waals surface area (Å²) < 4.78 is 1.64. The van der Waals surface area contributed by atoms with Crippen LogP contribution in [-0.4, -0.2) is 20.7 Å². The van der Waals surface area contributed by atoms with E-state index in [4.69, 9.17) is 0 Å². The van der Waals surface area contributed by atoms with Crippen LogP contribution in [-0.2, 0) is 13.6 Å². The van der Waals surface area contributed by atoms with Crippen molar-refractivity contribution in [3.05, 3.63) is 47.5 Å². The van der Waals surface area contributed by atoms with Crippen LogP contribution in [0, 0.1) is 6.92 Å². The van der Waals surface area contributed by atoms with Crippen molar-refractivity contribution in [3.63, 3.8) is 0 Å². The second kappa shape index (κ2) is 4.78. The van der Waals surface area contributed by atoms with Crippen molar-refractivity contribution >= 4 is 5.91 Å². The molecule has 0 saturated heterocycles. The fourth-order valence-electron chi connectivity index (χ4n) is 1.60. The van der Waals surface area contributed by atoms with Gasteiger partial charge in [-0.3, -0.25) is 14.5 Å². The number of amides is 1. The van der Waals surface area contributed by atoms with Gasteiger partial charge in [0.15, 0.2) is 5.69 Å². The van der Waals surface area contributed by atoms with E-state index >= 15 is 0 Å². The number of aromatic nitrogens is 3. The van der Waals surface area contributed by atoms with Crippen LogP contribution < -0.4 is 5.32 Å². The quantitative estimate of drug-likeness (QED) is 0.857. The van der Waals surface area contributed by atoms with Crippen molar-refractivity contribution in [1.82, 2.24) is 20.1 Å². The normalized spacial score (nSPS) is 10.2. The lowest BCUT2D eigenvalue weighted by atomic mass is 10.2. The van der Waals surface area contributed by atoms with Crippen LogP contribution in [0.25, 0.3) is 0 Å². The molecule has 0 unspecified atom stereocenters. The van der Waals surface area contributed by atoms with Crippen LogP contribution in [0.1, 0.15) is 21.6 Å². The Morgan fingerprint density at radius 2 is 2.12 bits per heavy atom. The molecule has 0 saturated carbocycles. The first kappa shape index (κ1) is 11.3. The van der Waals surface area contributed by atoms with Gasteiger partial charge in [0, 0.05) is 37.7 Å². The third-order valence-corrected chi connectivity index (χ3v) is 2.43. The molecule has 88 valence electrons. The molecular weight excluding hydrogens is 216 g/mol. The minimum Gasteiger partial charge on any atom is -0.347 e. The van der Waals surface area contributed by atoms with Crippen LogP contribution >= 0.6 is 0 Å². The molecule has 1 amide bonds. The van der Waals surface area contributed by atoms with Crippen molar-refractivity contribution in [2.75, 3.05) is 0 Å². The molecule has 0 spiro atoms. The maximum atomic E-state index is 11.8. The van der Waals surface area contributed by atoms with Gasteiger partial charge in [-0.05, 0) is 24.6 Å².